The highest BCUT2D eigenvalue weighted by molar-refractivity contribution is 6.30. The molecular formula is C18H15ClFN. The molecule has 21 heavy (non-hydrogen) atoms. The van der Waals surface area contributed by atoms with E-state index in [1.165, 1.54) is 6.07 Å². The average Bonchev–Trinajstić information content (AvgIpc) is 2.51. The summed E-state index contributed by atoms with van der Waals surface area (Å²) in [5.74, 6) is -0.258. The van der Waals surface area contributed by atoms with Gasteiger partial charge in [0.1, 0.15) is 5.82 Å². The van der Waals surface area contributed by atoms with Crippen LogP contribution >= 0.6 is 11.6 Å². The molecule has 3 heteroatoms. The second kappa shape index (κ2) is 5.84. The minimum atomic E-state index is -0.258. The third-order valence-corrected chi connectivity index (χ3v) is 3.93. The lowest BCUT2D eigenvalue weighted by atomic mass is 9.93. The van der Waals surface area contributed by atoms with E-state index in [4.69, 9.17) is 11.6 Å². The fourth-order valence-electron chi connectivity index (χ4n) is 2.72. The number of nitrogens with one attached hydrogen (secondary N) is 1. The smallest absolute Gasteiger partial charge is 0.128 e. The second-order valence-electron chi connectivity index (χ2n) is 4.96. The molecule has 0 aromatic heterocycles. The fraction of sp³-hybridized carbons (Fsp3) is 0.111. The molecule has 0 amide bonds. The lowest BCUT2D eigenvalue weighted by Gasteiger charge is -2.20. The van der Waals surface area contributed by atoms with Gasteiger partial charge in [0, 0.05) is 10.6 Å². The van der Waals surface area contributed by atoms with Gasteiger partial charge in [-0.2, -0.15) is 0 Å². The first kappa shape index (κ1) is 14.1. The number of hydrogen-bond donors (Lipinski definition) is 1. The Bertz CT molecular complexity index is 780. The van der Waals surface area contributed by atoms with Crippen LogP contribution in [0.5, 0.6) is 0 Å². The number of rotatable bonds is 3. The van der Waals surface area contributed by atoms with Gasteiger partial charge in [0.25, 0.3) is 0 Å². The predicted molar refractivity (Wildman–Crippen MR) is 86.3 cm³/mol. The largest absolute Gasteiger partial charge is 0.309 e. The molecule has 3 aromatic rings. The molecule has 1 N–H and O–H groups in total. The molecule has 0 saturated carbocycles. The van der Waals surface area contributed by atoms with E-state index in [0.717, 1.165) is 16.3 Å². The number of fused-ring (bicyclic) bond motifs is 1. The Labute approximate surface area is 128 Å². The van der Waals surface area contributed by atoms with Gasteiger partial charge in [-0.1, -0.05) is 54.1 Å². The molecule has 0 saturated heterocycles. The number of benzene rings is 3. The summed E-state index contributed by atoms with van der Waals surface area (Å²) in [6, 6.07) is 18.6. The lowest BCUT2D eigenvalue weighted by molar-refractivity contribution is 0.577. The van der Waals surface area contributed by atoms with Crippen molar-refractivity contribution in [3.05, 3.63) is 82.6 Å². The zero-order valence-corrected chi connectivity index (χ0v) is 12.4. The first-order chi connectivity index (χ1) is 10.2. The Morgan fingerprint density at radius 1 is 0.952 bits per heavy atom. The van der Waals surface area contributed by atoms with Crippen LogP contribution in [-0.2, 0) is 0 Å². The van der Waals surface area contributed by atoms with Gasteiger partial charge in [-0.15, -0.1) is 0 Å². The molecular weight excluding hydrogens is 285 g/mol. The van der Waals surface area contributed by atoms with Gasteiger partial charge in [-0.05, 0) is 41.6 Å². The summed E-state index contributed by atoms with van der Waals surface area (Å²) in [7, 11) is 1.83. The van der Waals surface area contributed by atoms with Crippen LogP contribution in [0.15, 0.2) is 60.7 Å². The highest BCUT2D eigenvalue weighted by Gasteiger charge is 2.18. The van der Waals surface area contributed by atoms with Crippen LogP contribution in [-0.4, -0.2) is 7.05 Å². The lowest BCUT2D eigenvalue weighted by Crippen LogP contribution is -2.19. The first-order valence-corrected chi connectivity index (χ1v) is 7.18. The van der Waals surface area contributed by atoms with Crippen molar-refractivity contribution in [2.45, 2.75) is 6.04 Å². The summed E-state index contributed by atoms with van der Waals surface area (Å²) in [4.78, 5) is 0. The average molecular weight is 300 g/mol. The third kappa shape index (κ3) is 2.65. The highest BCUT2D eigenvalue weighted by Crippen LogP contribution is 2.31. The zero-order valence-electron chi connectivity index (χ0n) is 11.6. The third-order valence-electron chi connectivity index (χ3n) is 3.69. The van der Waals surface area contributed by atoms with Crippen molar-refractivity contribution in [1.82, 2.24) is 5.32 Å². The van der Waals surface area contributed by atoms with Gasteiger partial charge in [0.05, 0.1) is 6.04 Å². The van der Waals surface area contributed by atoms with Crippen LogP contribution < -0.4 is 5.32 Å². The Morgan fingerprint density at radius 2 is 1.71 bits per heavy atom. The first-order valence-electron chi connectivity index (χ1n) is 6.80. The molecule has 0 aliphatic heterocycles. The van der Waals surface area contributed by atoms with Crippen molar-refractivity contribution in [2.75, 3.05) is 7.05 Å². The molecule has 3 rings (SSSR count). The molecule has 106 valence electrons. The molecule has 0 bridgehead atoms. The van der Waals surface area contributed by atoms with E-state index in [9.17, 15) is 4.39 Å². The normalized spacial score (nSPS) is 12.5. The van der Waals surface area contributed by atoms with E-state index < -0.39 is 0 Å². The minimum Gasteiger partial charge on any atom is -0.309 e. The van der Waals surface area contributed by atoms with E-state index >= 15 is 0 Å². The monoisotopic (exact) mass is 299 g/mol. The van der Waals surface area contributed by atoms with Gasteiger partial charge < -0.3 is 5.32 Å². The Kier molecular flexibility index (Phi) is 3.91. The summed E-state index contributed by atoms with van der Waals surface area (Å²) in [6.45, 7) is 0. The second-order valence-corrected chi connectivity index (χ2v) is 5.39. The van der Waals surface area contributed by atoms with Crippen molar-refractivity contribution in [3.63, 3.8) is 0 Å². The SMILES string of the molecule is CNC(c1cc(Cl)ccc1F)c1cccc2ccccc12. The van der Waals surface area contributed by atoms with Crippen LogP contribution in [0.2, 0.25) is 5.02 Å². The van der Waals surface area contributed by atoms with Gasteiger partial charge in [0.2, 0.25) is 0 Å². The van der Waals surface area contributed by atoms with E-state index in [2.05, 4.69) is 23.5 Å². The molecule has 0 spiro atoms. The summed E-state index contributed by atoms with van der Waals surface area (Å²) in [5, 5.41) is 5.98. The van der Waals surface area contributed by atoms with Crippen LogP contribution in [0, 0.1) is 5.82 Å². The van der Waals surface area contributed by atoms with Crippen molar-refractivity contribution < 1.29 is 4.39 Å². The standard InChI is InChI=1S/C18H15ClFN/c1-21-18(16-11-13(19)9-10-17(16)20)15-8-4-6-12-5-2-3-7-14(12)15/h2-11,18,21H,1H3. The van der Waals surface area contributed by atoms with Crippen molar-refractivity contribution in [1.29, 1.82) is 0 Å². The molecule has 0 aliphatic carbocycles. The van der Waals surface area contributed by atoms with E-state index in [1.54, 1.807) is 12.1 Å². The van der Waals surface area contributed by atoms with E-state index in [1.807, 2.05) is 31.3 Å². The Balaban J connectivity index is 2.21. The molecule has 0 fully saturated rings. The van der Waals surface area contributed by atoms with Crippen molar-refractivity contribution >= 4 is 22.4 Å². The van der Waals surface area contributed by atoms with Crippen LogP contribution in [0.1, 0.15) is 17.2 Å². The maximum atomic E-state index is 14.2. The zero-order chi connectivity index (χ0) is 14.8. The number of hydrogen-bond acceptors (Lipinski definition) is 1. The molecule has 1 unspecified atom stereocenters. The summed E-state index contributed by atoms with van der Waals surface area (Å²) in [5.41, 5.74) is 1.60. The molecule has 1 nitrogen and oxygen atoms in total. The molecule has 3 aromatic carbocycles. The van der Waals surface area contributed by atoms with Gasteiger partial charge in [-0.3, -0.25) is 0 Å². The van der Waals surface area contributed by atoms with E-state index in [-0.39, 0.29) is 11.9 Å². The number of halogens is 2. The van der Waals surface area contributed by atoms with Gasteiger partial charge in [-0.25, -0.2) is 4.39 Å². The minimum absolute atomic E-state index is 0.241. The highest BCUT2D eigenvalue weighted by atomic mass is 35.5. The Hall–Kier alpha value is -1.90. The van der Waals surface area contributed by atoms with Gasteiger partial charge >= 0.3 is 0 Å². The quantitative estimate of drug-likeness (QED) is 0.722. The molecule has 0 radical (unpaired) electrons. The van der Waals surface area contributed by atoms with Crippen molar-refractivity contribution in [2.24, 2.45) is 0 Å². The maximum Gasteiger partial charge on any atom is 0.128 e. The summed E-state index contributed by atoms with van der Waals surface area (Å²) in [6.07, 6.45) is 0. The fourth-order valence-corrected chi connectivity index (χ4v) is 2.90. The van der Waals surface area contributed by atoms with Crippen molar-refractivity contribution in [3.8, 4) is 0 Å². The summed E-state index contributed by atoms with van der Waals surface area (Å²) >= 11 is 6.03. The summed E-state index contributed by atoms with van der Waals surface area (Å²) < 4.78 is 14.2. The van der Waals surface area contributed by atoms with Crippen LogP contribution in [0.25, 0.3) is 10.8 Å². The van der Waals surface area contributed by atoms with Crippen LogP contribution in [0.4, 0.5) is 4.39 Å². The maximum absolute atomic E-state index is 14.2. The molecule has 0 heterocycles. The van der Waals surface area contributed by atoms with Gasteiger partial charge in [0.15, 0.2) is 0 Å². The Morgan fingerprint density at radius 3 is 2.52 bits per heavy atom. The molecule has 1 atom stereocenters. The topological polar surface area (TPSA) is 12.0 Å². The van der Waals surface area contributed by atoms with E-state index in [0.29, 0.717) is 10.6 Å². The predicted octanol–water partition coefficient (Wildman–Crippen LogP) is 4.94. The van der Waals surface area contributed by atoms with Crippen LogP contribution in [0.3, 0.4) is 0 Å². The molecule has 0 aliphatic rings.